The molecular weight excluding hydrogens is 309 g/mol. The maximum Gasteiger partial charge on any atom is 0.245 e. The van der Waals surface area contributed by atoms with Gasteiger partial charge in [-0.3, -0.25) is 4.90 Å². The summed E-state index contributed by atoms with van der Waals surface area (Å²) in [5.74, 6) is 1.46. The van der Waals surface area contributed by atoms with E-state index in [1.165, 1.54) is 6.07 Å². The predicted molar refractivity (Wildman–Crippen MR) is 85.0 cm³/mol. The Morgan fingerprint density at radius 2 is 2.17 bits per heavy atom. The highest BCUT2D eigenvalue weighted by Gasteiger charge is 2.34. The van der Waals surface area contributed by atoms with Crippen molar-refractivity contribution in [1.29, 1.82) is 5.26 Å². The summed E-state index contributed by atoms with van der Waals surface area (Å²) < 4.78 is 19.8. The summed E-state index contributed by atoms with van der Waals surface area (Å²) in [7, 11) is 2.01. The van der Waals surface area contributed by atoms with E-state index in [4.69, 9.17) is 9.78 Å². The number of nitrogens with zero attached hydrogens (tertiary/aromatic N) is 5. The van der Waals surface area contributed by atoms with E-state index in [0.717, 1.165) is 25.2 Å². The van der Waals surface area contributed by atoms with Crippen LogP contribution in [0.15, 0.2) is 22.7 Å². The highest BCUT2D eigenvalue weighted by molar-refractivity contribution is 5.51. The molecule has 2 aliphatic rings. The fourth-order valence-corrected chi connectivity index (χ4v) is 3.08. The minimum atomic E-state index is -0.374. The first-order valence-electron chi connectivity index (χ1n) is 8.14. The van der Waals surface area contributed by atoms with Crippen molar-refractivity contribution in [3.63, 3.8) is 0 Å². The van der Waals surface area contributed by atoms with Gasteiger partial charge in [-0.2, -0.15) is 10.2 Å². The third-order valence-electron chi connectivity index (χ3n) is 4.75. The smallest absolute Gasteiger partial charge is 0.245 e. The zero-order chi connectivity index (χ0) is 16.7. The number of piperazine rings is 1. The maximum absolute atomic E-state index is 14.3. The van der Waals surface area contributed by atoms with Gasteiger partial charge in [0.25, 0.3) is 0 Å². The van der Waals surface area contributed by atoms with Crippen molar-refractivity contribution < 1.29 is 8.91 Å². The molecule has 124 valence electrons. The standard InChI is InChI=1S/C17H18FN5O/c1-22-6-7-23(14-5-2-11(9-19)8-13(14)18)10-15(22)17-20-16(21-24-17)12-3-4-12/h2,5,8,12,15H,3-4,6-7,10H2,1H3. The summed E-state index contributed by atoms with van der Waals surface area (Å²) in [5.41, 5.74) is 0.835. The third kappa shape index (κ3) is 2.74. The van der Waals surface area contributed by atoms with Crippen LogP contribution < -0.4 is 4.90 Å². The monoisotopic (exact) mass is 327 g/mol. The average molecular weight is 327 g/mol. The number of benzene rings is 1. The van der Waals surface area contributed by atoms with Crippen molar-refractivity contribution in [3.8, 4) is 6.07 Å². The highest BCUT2D eigenvalue weighted by atomic mass is 19.1. The molecule has 1 unspecified atom stereocenters. The van der Waals surface area contributed by atoms with Gasteiger partial charge in [-0.15, -0.1) is 0 Å². The lowest BCUT2D eigenvalue weighted by Crippen LogP contribution is -2.47. The number of aromatic nitrogens is 2. The van der Waals surface area contributed by atoms with Crippen LogP contribution in [0, 0.1) is 17.1 Å². The molecule has 0 amide bonds. The van der Waals surface area contributed by atoms with Gasteiger partial charge in [-0.1, -0.05) is 5.16 Å². The number of rotatable bonds is 3. The molecule has 2 aromatic rings. The van der Waals surface area contributed by atoms with Crippen molar-refractivity contribution in [3.05, 3.63) is 41.3 Å². The Kier molecular flexibility index (Phi) is 3.69. The number of halogens is 1. The fraction of sp³-hybridized carbons (Fsp3) is 0.471. The van der Waals surface area contributed by atoms with E-state index < -0.39 is 0 Å². The van der Waals surface area contributed by atoms with Gasteiger partial charge in [0, 0.05) is 25.6 Å². The largest absolute Gasteiger partial charge is 0.366 e. The first-order chi connectivity index (χ1) is 11.7. The molecule has 6 nitrogen and oxygen atoms in total. The first kappa shape index (κ1) is 15.1. The molecule has 0 spiro atoms. The minimum Gasteiger partial charge on any atom is -0.366 e. The number of anilines is 1. The Morgan fingerprint density at radius 3 is 2.88 bits per heavy atom. The van der Waals surface area contributed by atoms with Gasteiger partial charge >= 0.3 is 0 Å². The Hall–Kier alpha value is -2.46. The lowest BCUT2D eigenvalue weighted by Gasteiger charge is -2.38. The Morgan fingerprint density at radius 1 is 1.33 bits per heavy atom. The van der Waals surface area contributed by atoms with Crippen LogP contribution in [0.5, 0.6) is 0 Å². The molecule has 0 N–H and O–H groups in total. The van der Waals surface area contributed by atoms with Gasteiger partial charge in [-0.05, 0) is 38.1 Å². The summed E-state index contributed by atoms with van der Waals surface area (Å²) in [6.07, 6.45) is 2.25. The molecule has 0 radical (unpaired) electrons. The summed E-state index contributed by atoms with van der Waals surface area (Å²) in [6, 6.07) is 6.48. The van der Waals surface area contributed by atoms with Crippen LogP contribution in [-0.4, -0.2) is 41.7 Å². The molecule has 1 aliphatic carbocycles. The van der Waals surface area contributed by atoms with E-state index in [1.807, 2.05) is 18.0 Å². The van der Waals surface area contributed by atoms with Gasteiger partial charge in [0.15, 0.2) is 5.82 Å². The van der Waals surface area contributed by atoms with Crippen LogP contribution in [0.25, 0.3) is 0 Å². The summed E-state index contributed by atoms with van der Waals surface area (Å²) in [5, 5.41) is 13.0. The molecule has 1 saturated heterocycles. The molecule has 1 aliphatic heterocycles. The second-order valence-corrected chi connectivity index (χ2v) is 6.49. The predicted octanol–water partition coefficient (Wildman–Crippen LogP) is 2.45. The summed E-state index contributed by atoms with van der Waals surface area (Å²) in [4.78, 5) is 8.67. The van der Waals surface area contributed by atoms with Crippen molar-refractivity contribution in [2.45, 2.75) is 24.8 Å². The highest BCUT2D eigenvalue weighted by Crippen LogP contribution is 2.39. The Bertz CT molecular complexity index is 795. The zero-order valence-corrected chi connectivity index (χ0v) is 13.4. The van der Waals surface area contributed by atoms with Gasteiger partial charge in [0.1, 0.15) is 11.9 Å². The fourth-order valence-electron chi connectivity index (χ4n) is 3.08. The van der Waals surface area contributed by atoms with Gasteiger partial charge < -0.3 is 9.42 Å². The second-order valence-electron chi connectivity index (χ2n) is 6.49. The molecule has 0 bridgehead atoms. The third-order valence-corrected chi connectivity index (χ3v) is 4.75. The van der Waals surface area contributed by atoms with Crippen molar-refractivity contribution in [2.75, 3.05) is 31.6 Å². The number of hydrogen-bond donors (Lipinski definition) is 0. The SMILES string of the molecule is CN1CCN(c2ccc(C#N)cc2F)CC1c1nc(C2CC2)no1. The lowest BCUT2D eigenvalue weighted by molar-refractivity contribution is 0.177. The van der Waals surface area contributed by atoms with Crippen LogP contribution >= 0.6 is 0 Å². The summed E-state index contributed by atoms with van der Waals surface area (Å²) >= 11 is 0. The Balaban J connectivity index is 1.57. The zero-order valence-electron chi connectivity index (χ0n) is 13.4. The maximum atomic E-state index is 14.3. The van der Waals surface area contributed by atoms with Gasteiger partial charge in [0.05, 0.1) is 17.3 Å². The topological polar surface area (TPSA) is 69.2 Å². The molecule has 1 aromatic heterocycles. The normalized spacial score (nSPS) is 21.7. The molecule has 1 aromatic carbocycles. The van der Waals surface area contributed by atoms with Gasteiger partial charge in [-0.25, -0.2) is 4.39 Å². The molecule has 1 saturated carbocycles. The van der Waals surface area contributed by atoms with Crippen molar-refractivity contribution >= 4 is 5.69 Å². The van der Waals surface area contributed by atoms with E-state index in [0.29, 0.717) is 36.1 Å². The molecule has 2 fully saturated rings. The number of nitriles is 1. The van der Waals surface area contributed by atoms with E-state index in [9.17, 15) is 4.39 Å². The van der Waals surface area contributed by atoms with Gasteiger partial charge in [0.2, 0.25) is 5.89 Å². The van der Waals surface area contributed by atoms with E-state index >= 15 is 0 Å². The quantitative estimate of drug-likeness (QED) is 0.862. The number of hydrogen-bond acceptors (Lipinski definition) is 6. The lowest BCUT2D eigenvalue weighted by atomic mass is 10.1. The van der Waals surface area contributed by atoms with E-state index in [2.05, 4.69) is 15.0 Å². The molecule has 1 atom stereocenters. The average Bonchev–Trinajstić information content (AvgIpc) is 3.33. The van der Waals surface area contributed by atoms with Crippen molar-refractivity contribution in [1.82, 2.24) is 15.0 Å². The number of likely N-dealkylation sites (N-methyl/N-ethyl adjacent to an activating group) is 1. The van der Waals surface area contributed by atoms with Crippen LogP contribution in [0.1, 0.15) is 42.1 Å². The molecule has 7 heteroatoms. The molecule has 24 heavy (non-hydrogen) atoms. The summed E-state index contributed by atoms with van der Waals surface area (Å²) in [6.45, 7) is 2.05. The molecular formula is C17H18FN5O. The van der Waals surface area contributed by atoms with Crippen LogP contribution in [-0.2, 0) is 0 Å². The second kappa shape index (κ2) is 5.87. The Labute approximate surface area is 139 Å². The minimum absolute atomic E-state index is 0.0613. The van der Waals surface area contributed by atoms with Crippen molar-refractivity contribution in [2.24, 2.45) is 0 Å². The van der Waals surface area contributed by atoms with E-state index in [-0.39, 0.29) is 11.9 Å². The molecule has 2 heterocycles. The van der Waals surface area contributed by atoms with Crippen LogP contribution in [0.3, 0.4) is 0 Å². The molecule has 4 rings (SSSR count). The first-order valence-corrected chi connectivity index (χ1v) is 8.14. The van der Waals surface area contributed by atoms with Crippen LogP contribution in [0.2, 0.25) is 0 Å². The van der Waals surface area contributed by atoms with E-state index in [1.54, 1.807) is 12.1 Å². The van der Waals surface area contributed by atoms with Crippen LogP contribution in [0.4, 0.5) is 10.1 Å².